The molecule has 1 heterocycles. The number of hydrogen-bond acceptors (Lipinski definition) is 1. The first-order chi connectivity index (χ1) is 5.97. The number of ether oxygens (including phenoxy) is 1. The van der Waals surface area contributed by atoms with Crippen LogP contribution in [0.1, 0.15) is 5.56 Å². The van der Waals surface area contributed by atoms with Gasteiger partial charge in [-0.05, 0) is 24.1 Å². The highest BCUT2D eigenvalue weighted by atomic mass is 16.5. The van der Waals surface area contributed by atoms with Crippen LogP contribution in [0.3, 0.4) is 0 Å². The third-order valence-corrected chi connectivity index (χ3v) is 1.83. The van der Waals surface area contributed by atoms with Crippen LogP contribution in [0, 0.1) is 0 Å². The Morgan fingerprint density at radius 1 is 1.08 bits per heavy atom. The average Bonchev–Trinajstić information content (AvgIpc) is 2.06. The molecule has 12 heavy (non-hydrogen) atoms. The number of allylic oxidation sites excluding steroid dienone is 3. The quantitative estimate of drug-likeness (QED) is 0.564. The molecule has 0 aromatic heterocycles. The Balaban J connectivity index is 2.40. The molecule has 0 bridgehead atoms. The van der Waals surface area contributed by atoms with E-state index in [1.165, 1.54) is 5.56 Å². The minimum absolute atomic E-state index is 0.945. The normalized spacial score (nSPS) is 14.3. The highest BCUT2D eigenvalue weighted by molar-refractivity contribution is 5.36. The Morgan fingerprint density at radius 3 is 3.00 bits per heavy atom. The van der Waals surface area contributed by atoms with Gasteiger partial charge in [0.2, 0.25) is 0 Å². The van der Waals surface area contributed by atoms with E-state index in [-0.39, 0.29) is 0 Å². The van der Waals surface area contributed by atoms with Crippen molar-refractivity contribution in [1.29, 1.82) is 0 Å². The highest BCUT2D eigenvalue weighted by Crippen LogP contribution is 2.19. The van der Waals surface area contributed by atoms with Gasteiger partial charge in [-0.1, -0.05) is 30.4 Å². The first-order valence-electron chi connectivity index (χ1n) is 4.03. The van der Waals surface area contributed by atoms with Crippen molar-refractivity contribution in [1.82, 2.24) is 0 Å². The third-order valence-electron chi connectivity index (χ3n) is 1.83. The minimum Gasteiger partial charge on any atom is -0.465 e. The summed E-state index contributed by atoms with van der Waals surface area (Å²) in [5.41, 5.74) is 1.23. The molecule has 0 aliphatic carbocycles. The number of hydrogen-bond donors (Lipinski definition) is 0. The standard InChI is InChI=1S/C11H10O/c1-2-6-10-7-3-4-8-11(10)12-9-5-1/h1-5,7-9H,6H2. The molecule has 1 aromatic carbocycles. The van der Waals surface area contributed by atoms with Crippen LogP contribution >= 0.6 is 0 Å². The van der Waals surface area contributed by atoms with Crippen molar-refractivity contribution in [2.45, 2.75) is 6.42 Å². The molecule has 0 fully saturated rings. The smallest absolute Gasteiger partial charge is 0.130 e. The van der Waals surface area contributed by atoms with E-state index in [0.717, 1.165) is 12.2 Å². The van der Waals surface area contributed by atoms with Gasteiger partial charge in [-0.25, -0.2) is 0 Å². The number of fused-ring (bicyclic) bond motifs is 1. The summed E-state index contributed by atoms with van der Waals surface area (Å²) in [4.78, 5) is 0. The van der Waals surface area contributed by atoms with Gasteiger partial charge in [0, 0.05) is 0 Å². The van der Waals surface area contributed by atoms with Gasteiger partial charge in [-0.15, -0.1) is 0 Å². The number of para-hydroxylation sites is 1. The van der Waals surface area contributed by atoms with Crippen LogP contribution in [0.15, 0.2) is 48.8 Å². The SMILES string of the molecule is C1=CCc2ccccc2OC=C1. The zero-order valence-corrected chi connectivity index (χ0v) is 6.73. The first-order valence-corrected chi connectivity index (χ1v) is 4.03. The van der Waals surface area contributed by atoms with Crippen LogP contribution in [-0.4, -0.2) is 0 Å². The fourth-order valence-electron chi connectivity index (χ4n) is 1.22. The Morgan fingerprint density at radius 2 is 2.00 bits per heavy atom. The molecule has 0 radical (unpaired) electrons. The summed E-state index contributed by atoms with van der Waals surface area (Å²) in [5.74, 6) is 0.957. The molecule has 0 atom stereocenters. The van der Waals surface area contributed by atoms with E-state index >= 15 is 0 Å². The Labute approximate surface area is 72.0 Å². The highest BCUT2D eigenvalue weighted by Gasteiger charge is 1.99. The molecular weight excluding hydrogens is 148 g/mol. The van der Waals surface area contributed by atoms with Gasteiger partial charge in [0.25, 0.3) is 0 Å². The average molecular weight is 158 g/mol. The summed E-state index contributed by atoms with van der Waals surface area (Å²) in [7, 11) is 0. The van der Waals surface area contributed by atoms with Crippen LogP contribution in [0.4, 0.5) is 0 Å². The van der Waals surface area contributed by atoms with Crippen molar-refractivity contribution in [2.24, 2.45) is 0 Å². The first kappa shape index (κ1) is 7.17. The molecule has 1 heteroatoms. The van der Waals surface area contributed by atoms with Crippen LogP contribution in [0.25, 0.3) is 0 Å². The summed E-state index contributed by atoms with van der Waals surface area (Å²) >= 11 is 0. The minimum atomic E-state index is 0.945. The molecule has 2 rings (SSSR count). The largest absolute Gasteiger partial charge is 0.465 e. The molecule has 0 N–H and O–H groups in total. The van der Waals surface area contributed by atoms with E-state index in [1.54, 1.807) is 6.26 Å². The molecule has 1 aliphatic rings. The number of benzene rings is 1. The summed E-state index contributed by atoms with van der Waals surface area (Å²) in [6, 6.07) is 8.08. The summed E-state index contributed by atoms with van der Waals surface area (Å²) in [6.07, 6.45) is 8.67. The second kappa shape index (κ2) is 3.26. The second-order valence-corrected chi connectivity index (χ2v) is 2.69. The summed E-state index contributed by atoms with van der Waals surface area (Å²) in [5, 5.41) is 0. The van der Waals surface area contributed by atoms with E-state index in [9.17, 15) is 0 Å². The molecule has 60 valence electrons. The van der Waals surface area contributed by atoms with Crippen molar-refractivity contribution < 1.29 is 4.74 Å². The van der Waals surface area contributed by atoms with E-state index in [0.29, 0.717) is 0 Å². The molecular formula is C11H10O. The second-order valence-electron chi connectivity index (χ2n) is 2.69. The molecule has 0 saturated heterocycles. The van der Waals surface area contributed by atoms with Gasteiger partial charge in [-0.2, -0.15) is 0 Å². The lowest BCUT2D eigenvalue weighted by molar-refractivity contribution is 0.475. The molecule has 0 unspecified atom stereocenters. The maximum absolute atomic E-state index is 5.40. The number of rotatable bonds is 0. The lowest BCUT2D eigenvalue weighted by Gasteiger charge is -2.06. The van der Waals surface area contributed by atoms with E-state index in [2.05, 4.69) is 12.1 Å². The van der Waals surface area contributed by atoms with Gasteiger partial charge < -0.3 is 4.74 Å². The fourth-order valence-corrected chi connectivity index (χ4v) is 1.22. The Hall–Kier alpha value is -1.50. The zero-order valence-electron chi connectivity index (χ0n) is 6.73. The maximum Gasteiger partial charge on any atom is 0.130 e. The molecule has 0 saturated carbocycles. The van der Waals surface area contributed by atoms with Crippen LogP contribution in [-0.2, 0) is 6.42 Å². The summed E-state index contributed by atoms with van der Waals surface area (Å²) < 4.78 is 5.40. The van der Waals surface area contributed by atoms with Crippen LogP contribution in [0.2, 0.25) is 0 Å². The van der Waals surface area contributed by atoms with Crippen molar-refractivity contribution in [3.8, 4) is 5.75 Å². The molecule has 1 nitrogen and oxygen atoms in total. The van der Waals surface area contributed by atoms with Crippen molar-refractivity contribution in [3.05, 3.63) is 54.3 Å². The van der Waals surface area contributed by atoms with Crippen LogP contribution in [0.5, 0.6) is 5.75 Å². The predicted molar refractivity (Wildman–Crippen MR) is 49.1 cm³/mol. The summed E-state index contributed by atoms with van der Waals surface area (Å²) in [6.45, 7) is 0. The van der Waals surface area contributed by atoms with Gasteiger partial charge >= 0.3 is 0 Å². The Kier molecular flexibility index (Phi) is 1.95. The lowest BCUT2D eigenvalue weighted by atomic mass is 10.1. The van der Waals surface area contributed by atoms with Gasteiger partial charge in [0.1, 0.15) is 5.75 Å². The molecule has 1 aromatic rings. The van der Waals surface area contributed by atoms with Crippen molar-refractivity contribution in [3.63, 3.8) is 0 Å². The molecule has 0 amide bonds. The maximum atomic E-state index is 5.40. The van der Waals surface area contributed by atoms with Crippen molar-refractivity contribution in [2.75, 3.05) is 0 Å². The zero-order chi connectivity index (χ0) is 8.23. The third kappa shape index (κ3) is 1.40. The fraction of sp³-hybridized carbons (Fsp3) is 0.0909. The molecule has 0 spiro atoms. The van der Waals surface area contributed by atoms with E-state index < -0.39 is 0 Å². The monoisotopic (exact) mass is 158 g/mol. The van der Waals surface area contributed by atoms with Crippen LogP contribution < -0.4 is 4.74 Å². The predicted octanol–water partition coefficient (Wildman–Crippen LogP) is 2.69. The van der Waals surface area contributed by atoms with Gasteiger partial charge in [0.15, 0.2) is 0 Å². The Bertz CT molecular complexity index is 291. The molecule has 1 aliphatic heterocycles. The van der Waals surface area contributed by atoms with E-state index in [4.69, 9.17) is 4.74 Å². The lowest BCUT2D eigenvalue weighted by Crippen LogP contribution is -1.90. The van der Waals surface area contributed by atoms with Gasteiger partial charge in [0.05, 0.1) is 6.26 Å². The topological polar surface area (TPSA) is 9.23 Å². The van der Waals surface area contributed by atoms with Crippen molar-refractivity contribution >= 4 is 0 Å². The van der Waals surface area contributed by atoms with E-state index in [1.807, 2.05) is 30.4 Å². The van der Waals surface area contributed by atoms with Gasteiger partial charge in [-0.3, -0.25) is 0 Å².